The molecule has 6 nitrogen and oxygen atoms in total. The third-order valence-corrected chi connectivity index (χ3v) is 3.68. The average Bonchev–Trinajstić information content (AvgIpc) is 2.37. The number of nitrogens with one attached hydrogen (secondary N) is 1. The summed E-state index contributed by atoms with van der Waals surface area (Å²) in [5.74, 6) is 0.577. The summed E-state index contributed by atoms with van der Waals surface area (Å²) in [5.41, 5.74) is 0. The zero-order chi connectivity index (χ0) is 13.6. The van der Waals surface area contributed by atoms with Crippen molar-refractivity contribution in [1.82, 2.24) is 4.72 Å². The topological polar surface area (TPSA) is 84.9 Å². The first kappa shape index (κ1) is 14.9. The lowest BCUT2D eigenvalue weighted by Crippen LogP contribution is -2.34. The molecule has 0 aliphatic rings. The van der Waals surface area contributed by atoms with E-state index in [0.717, 1.165) is 0 Å². The van der Waals surface area contributed by atoms with Crippen LogP contribution in [-0.2, 0) is 14.8 Å². The molecular formula is C11H17NO5S. The first-order chi connectivity index (χ1) is 8.49. The fourth-order valence-corrected chi connectivity index (χ4v) is 2.37. The minimum atomic E-state index is -3.62. The quantitative estimate of drug-likeness (QED) is 0.730. The van der Waals surface area contributed by atoms with E-state index in [1.54, 1.807) is 12.1 Å². The molecule has 1 rings (SSSR count). The van der Waals surface area contributed by atoms with Crippen molar-refractivity contribution in [2.24, 2.45) is 0 Å². The fourth-order valence-electron chi connectivity index (χ4n) is 1.30. The molecule has 0 fully saturated rings. The Morgan fingerprint density at radius 2 is 1.89 bits per heavy atom. The summed E-state index contributed by atoms with van der Waals surface area (Å²) < 4.78 is 35.6. The number of aliphatic hydroxyl groups is 1. The smallest absolute Gasteiger partial charge is 0.240 e. The Hall–Kier alpha value is -1.15. The summed E-state index contributed by atoms with van der Waals surface area (Å²) >= 11 is 0. The Balaban J connectivity index is 2.67. The maximum atomic E-state index is 11.8. The van der Waals surface area contributed by atoms with Gasteiger partial charge in [0, 0.05) is 13.7 Å². The van der Waals surface area contributed by atoms with E-state index in [9.17, 15) is 13.5 Å². The average molecular weight is 275 g/mol. The SMILES string of the molecule is COCC(O)CNS(=O)(=O)c1ccc(OC)cc1. The third-order valence-electron chi connectivity index (χ3n) is 2.24. The van der Waals surface area contributed by atoms with Gasteiger partial charge in [0.25, 0.3) is 0 Å². The van der Waals surface area contributed by atoms with Crippen molar-refractivity contribution >= 4 is 10.0 Å². The lowest BCUT2D eigenvalue weighted by molar-refractivity contribution is 0.0679. The van der Waals surface area contributed by atoms with Crippen LogP contribution in [0.1, 0.15) is 0 Å². The molecule has 0 saturated carbocycles. The molecule has 102 valence electrons. The fraction of sp³-hybridized carbons (Fsp3) is 0.455. The molecule has 0 bridgehead atoms. The van der Waals surface area contributed by atoms with Gasteiger partial charge in [-0.15, -0.1) is 0 Å². The van der Waals surface area contributed by atoms with Gasteiger partial charge in [-0.3, -0.25) is 0 Å². The minimum absolute atomic E-state index is 0.0745. The van der Waals surface area contributed by atoms with Crippen molar-refractivity contribution in [2.75, 3.05) is 27.4 Å². The molecule has 7 heteroatoms. The van der Waals surface area contributed by atoms with Crippen LogP contribution in [0.2, 0.25) is 0 Å². The largest absolute Gasteiger partial charge is 0.497 e. The van der Waals surface area contributed by atoms with Crippen molar-refractivity contribution in [2.45, 2.75) is 11.0 Å². The van der Waals surface area contributed by atoms with E-state index in [4.69, 9.17) is 9.47 Å². The summed E-state index contributed by atoms with van der Waals surface area (Å²) in [6.45, 7) is -0.0205. The van der Waals surface area contributed by atoms with Crippen LogP contribution in [0, 0.1) is 0 Å². The zero-order valence-electron chi connectivity index (χ0n) is 10.3. The molecule has 1 unspecified atom stereocenters. The molecule has 2 N–H and O–H groups in total. The maximum absolute atomic E-state index is 11.8. The van der Waals surface area contributed by atoms with Gasteiger partial charge >= 0.3 is 0 Å². The van der Waals surface area contributed by atoms with E-state index in [1.807, 2.05) is 0 Å². The highest BCUT2D eigenvalue weighted by Crippen LogP contribution is 2.15. The molecule has 0 radical (unpaired) electrons. The number of hydrogen-bond donors (Lipinski definition) is 2. The third kappa shape index (κ3) is 4.26. The second-order valence-electron chi connectivity index (χ2n) is 3.64. The van der Waals surface area contributed by atoms with E-state index in [0.29, 0.717) is 5.75 Å². The predicted molar refractivity (Wildman–Crippen MR) is 66.1 cm³/mol. The lowest BCUT2D eigenvalue weighted by Gasteiger charge is -2.11. The molecular weight excluding hydrogens is 258 g/mol. The van der Waals surface area contributed by atoms with Crippen molar-refractivity contribution in [1.29, 1.82) is 0 Å². The monoisotopic (exact) mass is 275 g/mol. The summed E-state index contributed by atoms with van der Waals surface area (Å²) in [6.07, 6.45) is -0.872. The van der Waals surface area contributed by atoms with E-state index >= 15 is 0 Å². The van der Waals surface area contributed by atoms with Crippen LogP contribution < -0.4 is 9.46 Å². The van der Waals surface area contributed by atoms with Crippen LogP contribution in [0.4, 0.5) is 0 Å². The molecule has 1 aromatic carbocycles. The number of hydrogen-bond acceptors (Lipinski definition) is 5. The van der Waals surface area contributed by atoms with Gasteiger partial charge in [0.2, 0.25) is 10.0 Å². The molecule has 0 amide bonds. The maximum Gasteiger partial charge on any atom is 0.240 e. The van der Waals surface area contributed by atoms with Crippen LogP contribution in [0.3, 0.4) is 0 Å². The Kier molecular flexibility index (Phi) is 5.54. The van der Waals surface area contributed by atoms with Gasteiger partial charge in [0.15, 0.2) is 0 Å². The van der Waals surface area contributed by atoms with Crippen LogP contribution >= 0.6 is 0 Å². The second kappa shape index (κ2) is 6.69. The number of aliphatic hydroxyl groups excluding tert-OH is 1. The highest BCUT2D eigenvalue weighted by Gasteiger charge is 2.15. The molecule has 18 heavy (non-hydrogen) atoms. The predicted octanol–water partition coefficient (Wildman–Crippen LogP) is -0.0192. The van der Waals surface area contributed by atoms with Gasteiger partial charge in [-0.05, 0) is 24.3 Å². The van der Waals surface area contributed by atoms with Gasteiger partial charge < -0.3 is 14.6 Å². The van der Waals surface area contributed by atoms with Gasteiger partial charge in [0.05, 0.1) is 24.7 Å². The van der Waals surface area contributed by atoms with Crippen LogP contribution in [0.25, 0.3) is 0 Å². The molecule has 0 spiro atoms. The molecule has 0 heterocycles. The van der Waals surface area contributed by atoms with E-state index in [-0.39, 0.29) is 18.0 Å². The Morgan fingerprint density at radius 3 is 2.39 bits per heavy atom. The second-order valence-corrected chi connectivity index (χ2v) is 5.40. The first-order valence-electron chi connectivity index (χ1n) is 5.30. The van der Waals surface area contributed by atoms with Crippen molar-refractivity contribution < 1.29 is 23.0 Å². The Bertz CT molecular complexity index is 457. The van der Waals surface area contributed by atoms with Gasteiger partial charge in [0.1, 0.15) is 5.75 Å². The van der Waals surface area contributed by atoms with Gasteiger partial charge in [-0.25, -0.2) is 13.1 Å². The van der Waals surface area contributed by atoms with Crippen molar-refractivity contribution in [3.05, 3.63) is 24.3 Å². The van der Waals surface area contributed by atoms with Crippen LogP contribution in [-0.4, -0.2) is 47.0 Å². The number of rotatable bonds is 7. The minimum Gasteiger partial charge on any atom is -0.497 e. The van der Waals surface area contributed by atoms with E-state index in [1.165, 1.54) is 26.4 Å². The van der Waals surface area contributed by atoms with Crippen LogP contribution in [0.15, 0.2) is 29.2 Å². The van der Waals surface area contributed by atoms with Gasteiger partial charge in [-0.2, -0.15) is 0 Å². The molecule has 0 aliphatic carbocycles. The molecule has 0 saturated heterocycles. The highest BCUT2D eigenvalue weighted by atomic mass is 32.2. The highest BCUT2D eigenvalue weighted by molar-refractivity contribution is 7.89. The molecule has 0 aliphatic heterocycles. The van der Waals surface area contributed by atoms with Gasteiger partial charge in [-0.1, -0.05) is 0 Å². The van der Waals surface area contributed by atoms with Crippen molar-refractivity contribution in [3.8, 4) is 5.75 Å². The summed E-state index contributed by atoms with van der Waals surface area (Å²) in [6, 6.07) is 5.98. The Labute approximate surface area is 107 Å². The molecule has 1 aromatic rings. The standard InChI is InChI=1S/C11H17NO5S/c1-16-8-9(13)7-12-18(14,15)11-5-3-10(17-2)4-6-11/h3-6,9,12-13H,7-8H2,1-2H3. The summed E-state index contributed by atoms with van der Waals surface area (Å²) in [7, 11) is -0.685. The normalized spacial score (nSPS) is 13.3. The van der Waals surface area contributed by atoms with E-state index in [2.05, 4.69) is 4.72 Å². The van der Waals surface area contributed by atoms with E-state index < -0.39 is 16.1 Å². The summed E-state index contributed by atoms with van der Waals surface area (Å²) in [5, 5.41) is 9.37. The van der Waals surface area contributed by atoms with Crippen LogP contribution in [0.5, 0.6) is 5.75 Å². The molecule has 1 atom stereocenters. The first-order valence-corrected chi connectivity index (χ1v) is 6.78. The Morgan fingerprint density at radius 1 is 1.28 bits per heavy atom. The number of ether oxygens (including phenoxy) is 2. The zero-order valence-corrected chi connectivity index (χ0v) is 11.1. The van der Waals surface area contributed by atoms with Crippen molar-refractivity contribution in [3.63, 3.8) is 0 Å². The summed E-state index contributed by atoms with van der Waals surface area (Å²) in [4.78, 5) is 0.118. The number of methoxy groups -OCH3 is 2. The lowest BCUT2D eigenvalue weighted by atomic mass is 10.3. The number of benzene rings is 1. The number of sulfonamides is 1. The molecule has 0 aromatic heterocycles.